The van der Waals surface area contributed by atoms with E-state index in [9.17, 15) is 5.11 Å². The molecule has 0 amide bonds. The van der Waals surface area contributed by atoms with Crippen LogP contribution in [0.5, 0.6) is 5.75 Å². The van der Waals surface area contributed by atoms with Gasteiger partial charge in [0.2, 0.25) is 0 Å². The van der Waals surface area contributed by atoms with Gasteiger partial charge in [-0.15, -0.1) is 0 Å². The van der Waals surface area contributed by atoms with E-state index < -0.39 is 5.60 Å². The molecule has 0 unspecified atom stereocenters. The third-order valence-corrected chi connectivity index (χ3v) is 2.77. The van der Waals surface area contributed by atoms with Gasteiger partial charge in [-0.1, -0.05) is 12.1 Å². The summed E-state index contributed by atoms with van der Waals surface area (Å²) in [5.74, 6) is 0.859. The first-order valence-corrected chi connectivity index (χ1v) is 5.28. The second-order valence-electron chi connectivity index (χ2n) is 4.16. The number of hydrogen-bond acceptors (Lipinski definition) is 3. The van der Waals surface area contributed by atoms with Crippen molar-refractivity contribution in [1.29, 1.82) is 0 Å². The first kappa shape index (κ1) is 10.5. The second kappa shape index (κ2) is 3.83. The molecule has 0 aromatic heterocycles. The Morgan fingerprint density at radius 2 is 1.93 bits per heavy atom. The summed E-state index contributed by atoms with van der Waals surface area (Å²) in [6, 6.07) is 7.71. The van der Waals surface area contributed by atoms with E-state index in [4.69, 9.17) is 4.74 Å². The quantitative estimate of drug-likeness (QED) is 0.809. The molecule has 0 saturated carbocycles. The monoisotopic (exact) mass is 207 g/mol. The van der Waals surface area contributed by atoms with Gasteiger partial charge in [-0.05, 0) is 31.7 Å². The number of likely N-dealkylation sites (N-methyl/N-ethyl adjacent to an activating group) is 1. The summed E-state index contributed by atoms with van der Waals surface area (Å²) in [6.45, 7) is 4.05. The highest BCUT2D eigenvalue weighted by atomic mass is 16.5. The van der Waals surface area contributed by atoms with Crippen LogP contribution >= 0.6 is 0 Å². The molecule has 0 spiro atoms. The molecule has 1 aliphatic heterocycles. The molecule has 0 aliphatic carbocycles. The topological polar surface area (TPSA) is 32.7 Å². The molecule has 3 heteroatoms. The Morgan fingerprint density at radius 1 is 1.33 bits per heavy atom. The van der Waals surface area contributed by atoms with Gasteiger partial charge >= 0.3 is 0 Å². The van der Waals surface area contributed by atoms with E-state index in [1.807, 2.05) is 38.2 Å². The van der Waals surface area contributed by atoms with Gasteiger partial charge in [0.25, 0.3) is 0 Å². The largest absolute Gasteiger partial charge is 0.494 e. The van der Waals surface area contributed by atoms with E-state index in [2.05, 4.69) is 4.90 Å². The summed E-state index contributed by atoms with van der Waals surface area (Å²) in [5.41, 5.74) is 0.323. The lowest BCUT2D eigenvalue weighted by Crippen LogP contribution is -2.57. The average Bonchev–Trinajstić information content (AvgIpc) is 2.17. The van der Waals surface area contributed by atoms with Crippen LogP contribution in [0.1, 0.15) is 12.5 Å². The van der Waals surface area contributed by atoms with Gasteiger partial charge in [0.1, 0.15) is 11.4 Å². The van der Waals surface area contributed by atoms with Crippen LogP contribution in [0.3, 0.4) is 0 Å². The Morgan fingerprint density at radius 3 is 2.40 bits per heavy atom. The molecular weight excluding hydrogens is 190 g/mol. The standard InChI is InChI=1S/C12H17NO2/c1-3-15-11-6-4-10(5-7-11)12(14)8-13(2)9-12/h4-7,14H,3,8-9H2,1-2H3. The maximum Gasteiger partial charge on any atom is 0.119 e. The molecular formula is C12H17NO2. The highest BCUT2D eigenvalue weighted by Gasteiger charge is 2.40. The molecule has 0 bridgehead atoms. The number of hydrogen-bond donors (Lipinski definition) is 1. The number of likely N-dealkylation sites (tertiary alicyclic amines) is 1. The summed E-state index contributed by atoms with van der Waals surface area (Å²) < 4.78 is 5.35. The van der Waals surface area contributed by atoms with E-state index in [1.54, 1.807) is 0 Å². The van der Waals surface area contributed by atoms with Crippen molar-refractivity contribution in [2.45, 2.75) is 12.5 Å². The predicted octanol–water partition coefficient (Wildman–Crippen LogP) is 1.22. The van der Waals surface area contributed by atoms with E-state index >= 15 is 0 Å². The molecule has 82 valence electrons. The minimum absolute atomic E-state index is 0.653. The Hall–Kier alpha value is -1.06. The molecule has 1 saturated heterocycles. The SMILES string of the molecule is CCOc1ccc(C2(O)CN(C)C2)cc1. The van der Waals surface area contributed by atoms with Crippen LogP contribution in [0.15, 0.2) is 24.3 Å². The van der Waals surface area contributed by atoms with Gasteiger partial charge in [-0.25, -0.2) is 0 Å². The predicted molar refractivity (Wildman–Crippen MR) is 59.0 cm³/mol. The van der Waals surface area contributed by atoms with Crippen molar-refractivity contribution in [2.75, 3.05) is 26.7 Å². The van der Waals surface area contributed by atoms with Gasteiger partial charge in [0.05, 0.1) is 6.61 Å². The summed E-state index contributed by atoms with van der Waals surface area (Å²) >= 11 is 0. The first-order valence-electron chi connectivity index (χ1n) is 5.28. The van der Waals surface area contributed by atoms with E-state index in [0.717, 1.165) is 11.3 Å². The molecule has 0 radical (unpaired) electrons. The highest BCUT2D eigenvalue weighted by molar-refractivity contribution is 5.32. The van der Waals surface area contributed by atoms with Crippen molar-refractivity contribution < 1.29 is 9.84 Å². The van der Waals surface area contributed by atoms with Crippen molar-refractivity contribution in [3.05, 3.63) is 29.8 Å². The van der Waals surface area contributed by atoms with Crippen LogP contribution in [-0.4, -0.2) is 36.8 Å². The average molecular weight is 207 g/mol. The van der Waals surface area contributed by atoms with Crippen molar-refractivity contribution in [1.82, 2.24) is 4.90 Å². The number of β-amino-alcohol motifs (C(OH)–C–C–N with tert-alkyl or cyclic N) is 1. The minimum atomic E-state index is -0.653. The van der Waals surface area contributed by atoms with Crippen LogP contribution in [0.2, 0.25) is 0 Å². The molecule has 1 aromatic carbocycles. The molecule has 1 aromatic rings. The van der Waals surface area contributed by atoms with Crippen LogP contribution in [-0.2, 0) is 5.60 Å². The third-order valence-electron chi connectivity index (χ3n) is 2.77. The Balaban J connectivity index is 2.10. The van der Waals surface area contributed by atoms with Gasteiger partial charge in [0.15, 0.2) is 0 Å². The van der Waals surface area contributed by atoms with Crippen molar-refractivity contribution in [2.24, 2.45) is 0 Å². The summed E-state index contributed by atoms with van der Waals surface area (Å²) in [5, 5.41) is 10.2. The third kappa shape index (κ3) is 1.98. The maximum atomic E-state index is 10.2. The zero-order valence-electron chi connectivity index (χ0n) is 9.23. The first-order chi connectivity index (χ1) is 7.14. The number of benzene rings is 1. The molecule has 1 heterocycles. The van der Waals surface area contributed by atoms with Crippen LogP contribution in [0, 0.1) is 0 Å². The molecule has 15 heavy (non-hydrogen) atoms. The molecule has 0 atom stereocenters. The summed E-state index contributed by atoms with van der Waals surface area (Å²) in [4.78, 5) is 2.09. The number of ether oxygens (including phenoxy) is 1. The lowest BCUT2D eigenvalue weighted by atomic mass is 9.87. The van der Waals surface area contributed by atoms with Crippen LogP contribution in [0.25, 0.3) is 0 Å². The minimum Gasteiger partial charge on any atom is -0.494 e. The molecule has 1 fully saturated rings. The van der Waals surface area contributed by atoms with Gasteiger partial charge < -0.3 is 9.84 Å². The van der Waals surface area contributed by atoms with Gasteiger partial charge in [0, 0.05) is 13.1 Å². The van der Waals surface area contributed by atoms with Crippen LogP contribution in [0.4, 0.5) is 0 Å². The Labute approximate surface area is 90.3 Å². The molecule has 1 aliphatic rings. The van der Waals surface area contributed by atoms with Crippen molar-refractivity contribution >= 4 is 0 Å². The highest BCUT2D eigenvalue weighted by Crippen LogP contribution is 2.31. The second-order valence-corrected chi connectivity index (χ2v) is 4.16. The zero-order valence-corrected chi connectivity index (χ0v) is 9.23. The van der Waals surface area contributed by atoms with E-state index in [1.165, 1.54) is 0 Å². The Bertz CT molecular complexity index is 328. The molecule has 3 nitrogen and oxygen atoms in total. The van der Waals surface area contributed by atoms with Crippen LogP contribution < -0.4 is 4.74 Å². The molecule has 2 rings (SSSR count). The number of aliphatic hydroxyl groups is 1. The zero-order chi connectivity index (χ0) is 10.9. The normalized spacial score (nSPS) is 19.7. The maximum absolute atomic E-state index is 10.2. The van der Waals surface area contributed by atoms with Gasteiger partial charge in [-0.2, -0.15) is 0 Å². The van der Waals surface area contributed by atoms with Crippen molar-refractivity contribution in [3.8, 4) is 5.75 Å². The summed E-state index contributed by atoms with van der Waals surface area (Å²) in [6.07, 6.45) is 0. The fourth-order valence-electron chi connectivity index (χ4n) is 2.06. The van der Waals surface area contributed by atoms with Gasteiger partial charge in [-0.3, -0.25) is 4.90 Å². The summed E-state index contributed by atoms with van der Waals surface area (Å²) in [7, 11) is 2.00. The van der Waals surface area contributed by atoms with Crippen molar-refractivity contribution in [3.63, 3.8) is 0 Å². The fraction of sp³-hybridized carbons (Fsp3) is 0.500. The van der Waals surface area contributed by atoms with E-state index in [0.29, 0.717) is 19.7 Å². The number of nitrogens with zero attached hydrogens (tertiary/aromatic N) is 1. The molecule has 1 N–H and O–H groups in total. The van der Waals surface area contributed by atoms with E-state index in [-0.39, 0.29) is 0 Å². The number of rotatable bonds is 3. The lowest BCUT2D eigenvalue weighted by Gasteiger charge is -2.44. The lowest BCUT2D eigenvalue weighted by molar-refractivity contribution is -0.0918. The fourth-order valence-corrected chi connectivity index (χ4v) is 2.06. The Kier molecular flexibility index (Phi) is 2.67. The smallest absolute Gasteiger partial charge is 0.119 e.